The van der Waals surface area contributed by atoms with Gasteiger partial charge < -0.3 is 15.5 Å². The minimum atomic E-state index is -0.0580. The van der Waals surface area contributed by atoms with E-state index < -0.39 is 0 Å². The van der Waals surface area contributed by atoms with E-state index in [0.29, 0.717) is 24.6 Å². The molecule has 2 aromatic rings. The van der Waals surface area contributed by atoms with Crippen molar-refractivity contribution in [3.8, 4) is 0 Å². The number of rotatable bonds is 7. The number of carbonyl (C=O) groups excluding carboxylic acids is 1. The second-order valence-electron chi connectivity index (χ2n) is 6.62. The first-order valence-corrected chi connectivity index (χ1v) is 9.37. The lowest BCUT2D eigenvalue weighted by atomic mass is 10.1. The van der Waals surface area contributed by atoms with E-state index in [1.165, 1.54) is 18.4 Å². The van der Waals surface area contributed by atoms with Crippen molar-refractivity contribution in [1.82, 2.24) is 15.3 Å². The molecule has 0 atom stereocenters. The van der Waals surface area contributed by atoms with Crippen molar-refractivity contribution in [2.45, 2.75) is 33.1 Å². The second-order valence-corrected chi connectivity index (χ2v) is 6.62. The van der Waals surface area contributed by atoms with Gasteiger partial charge in [0.2, 0.25) is 5.95 Å². The fraction of sp³-hybridized carbons (Fsp3) is 0.450. The number of anilines is 2. The normalized spacial score (nSPS) is 13.7. The van der Waals surface area contributed by atoms with Crippen molar-refractivity contribution in [3.05, 3.63) is 47.2 Å². The summed E-state index contributed by atoms with van der Waals surface area (Å²) in [6.07, 6.45) is 3.41. The largest absolute Gasteiger partial charge is 0.356 e. The van der Waals surface area contributed by atoms with Crippen LogP contribution < -0.4 is 15.5 Å². The fourth-order valence-electron chi connectivity index (χ4n) is 3.08. The van der Waals surface area contributed by atoms with Crippen molar-refractivity contribution in [2.75, 3.05) is 36.4 Å². The number of amides is 1. The molecule has 0 saturated carbocycles. The number of nitrogens with zero attached hydrogens (tertiary/aromatic N) is 3. The quantitative estimate of drug-likeness (QED) is 0.749. The third-order valence-corrected chi connectivity index (χ3v) is 4.59. The zero-order chi connectivity index (χ0) is 18.4. The molecule has 0 bridgehead atoms. The Bertz CT molecular complexity index is 738. The number of aromatic nitrogens is 2. The van der Waals surface area contributed by atoms with Crippen LogP contribution in [0.3, 0.4) is 0 Å². The van der Waals surface area contributed by atoms with Crippen LogP contribution in [0.2, 0.25) is 0 Å². The molecule has 1 aromatic heterocycles. The van der Waals surface area contributed by atoms with Crippen LogP contribution in [0.25, 0.3) is 0 Å². The van der Waals surface area contributed by atoms with Gasteiger partial charge in [-0.15, -0.1) is 0 Å². The highest BCUT2D eigenvalue weighted by Gasteiger charge is 2.15. The van der Waals surface area contributed by atoms with Gasteiger partial charge in [0.25, 0.3) is 5.91 Å². The Hall–Kier alpha value is -2.63. The Morgan fingerprint density at radius 2 is 1.85 bits per heavy atom. The molecule has 6 heteroatoms. The monoisotopic (exact) mass is 353 g/mol. The van der Waals surface area contributed by atoms with E-state index in [0.717, 1.165) is 31.0 Å². The van der Waals surface area contributed by atoms with E-state index >= 15 is 0 Å². The molecule has 0 spiro atoms. The average molecular weight is 353 g/mol. The molecule has 1 aliphatic heterocycles. The van der Waals surface area contributed by atoms with Crippen LogP contribution in [0.15, 0.2) is 30.3 Å². The molecule has 0 aliphatic carbocycles. The van der Waals surface area contributed by atoms with E-state index in [9.17, 15) is 4.79 Å². The summed E-state index contributed by atoms with van der Waals surface area (Å²) in [5.74, 6) is 1.54. The zero-order valence-corrected chi connectivity index (χ0v) is 15.6. The SMILES string of the molecule is CCc1ccc(C(=O)NCCNc2nc(C)cc(N3CCCC3)n2)cc1. The molecule has 26 heavy (non-hydrogen) atoms. The standard InChI is InChI=1S/C20H27N5O/c1-3-16-6-8-17(9-7-16)19(26)21-10-11-22-20-23-15(2)14-18(24-20)25-12-4-5-13-25/h6-9,14H,3-5,10-13H2,1-2H3,(H,21,26)(H,22,23,24). The van der Waals surface area contributed by atoms with E-state index in [1.807, 2.05) is 37.3 Å². The Morgan fingerprint density at radius 3 is 2.54 bits per heavy atom. The summed E-state index contributed by atoms with van der Waals surface area (Å²) < 4.78 is 0. The molecule has 0 unspecified atom stereocenters. The van der Waals surface area contributed by atoms with Gasteiger partial charge in [-0.3, -0.25) is 4.79 Å². The van der Waals surface area contributed by atoms with E-state index in [-0.39, 0.29) is 5.91 Å². The molecule has 0 radical (unpaired) electrons. The first-order valence-electron chi connectivity index (χ1n) is 9.37. The van der Waals surface area contributed by atoms with Gasteiger partial charge in [0.1, 0.15) is 5.82 Å². The maximum Gasteiger partial charge on any atom is 0.251 e. The number of benzene rings is 1. The summed E-state index contributed by atoms with van der Waals surface area (Å²) in [7, 11) is 0. The lowest BCUT2D eigenvalue weighted by molar-refractivity contribution is 0.0955. The predicted molar refractivity (Wildman–Crippen MR) is 105 cm³/mol. The highest BCUT2D eigenvalue weighted by molar-refractivity contribution is 5.94. The van der Waals surface area contributed by atoms with Gasteiger partial charge >= 0.3 is 0 Å². The van der Waals surface area contributed by atoms with Gasteiger partial charge in [-0.25, -0.2) is 4.98 Å². The molecular weight excluding hydrogens is 326 g/mol. The van der Waals surface area contributed by atoms with Crippen LogP contribution in [-0.4, -0.2) is 42.1 Å². The molecule has 1 amide bonds. The maximum absolute atomic E-state index is 12.2. The fourth-order valence-corrected chi connectivity index (χ4v) is 3.08. The first kappa shape index (κ1) is 18.2. The molecule has 2 N–H and O–H groups in total. The van der Waals surface area contributed by atoms with Crippen LogP contribution in [0.4, 0.5) is 11.8 Å². The summed E-state index contributed by atoms with van der Waals surface area (Å²) in [6.45, 7) is 7.30. The number of hydrogen-bond donors (Lipinski definition) is 2. The average Bonchev–Trinajstić information content (AvgIpc) is 3.19. The lowest BCUT2D eigenvalue weighted by Gasteiger charge is -2.17. The van der Waals surface area contributed by atoms with Crippen LogP contribution in [0.1, 0.15) is 41.4 Å². The van der Waals surface area contributed by atoms with Crippen molar-refractivity contribution in [2.24, 2.45) is 0 Å². The molecular formula is C20H27N5O. The highest BCUT2D eigenvalue weighted by Crippen LogP contribution is 2.19. The topological polar surface area (TPSA) is 70.2 Å². The molecule has 138 valence electrons. The Kier molecular flexibility index (Phi) is 6.04. The van der Waals surface area contributed by atoms with Gasteiger partial charge in [-0.1, -0.05) is 19.1 Å². The molecule has 1 aromatic carbocycles. The summed E-state index contributed by atoms with van der Waals surface area (Å²) in [6, 6.07) is 9.75. The van der Waals surface area contributed by atoms with E-state index in [1.54, 1.807) is 0 Å². The van der Waals surface area contributed by atoms with Crippen LogP contribution in [0.5, 0.6) is 0 Å². The summed E-state index contributed by atoms with van der Waals surface area (Å²) in [5.41, 5.74) is 2.86. The lowest BCUT2D eigenvalue weighted by Crippen LogP contribution is -2.29. The molecule has 3 rings (SSSR count). The summed E-state index contributed by atoms with van der Waals surface area (Å²) in [4.78, 5) is 23.5. The van der Waals surface area contributed by atoms with Gasteiger partial charge in [0.05, 0.1) is 0 Å². The van der Waals surface area contributed by atoms with Crippen molar-refractivity contribution >= 4 is 17.7 Å². The first-order chi connectivity index (χ1) is 12.7. The molecule has 1 fully saturated rings. The Balaban J connectivity index is 1.49. The minimum Gasteiger partial charge on any atom is -0.356 e. The van der Waals surface area contributed by atoms with Crippen LogP contribution >= 0.6 is 0 Å². The van der Waals surface area contributed by atoms with E-state index in [2.05, 4.69) is 32.4 Å². The Morgan fingerprint density at radius 1 is 1.12 bits per heavy atom. The van der Waals surface area contributed by atoms with Gasteiger partial charge in [0.15, 0.2) is 0 Å². The number of carbonyl (C=O) groups is 1. The molecule has 2 heterocycles. The van der Waals surface area contributed by atoms with E-state index in [4.69, 9.17) is 0 Å². The molecule has 1 aliphatic rings. The zero-order valence-electron chi connectivity index (χ0n) is 15.6. The van der Waals surface area contributed by atoms with Crippen LogP contribution in [-0.2, 0) is 6.42 Å². The molecule has 6 nitrogen and oxygen atoms in total. The van der Waals surface area contributed by atoms with Crippen molar-refractivity contribution in [1.29, 1.82) is 0 Å². The van der Waals surface area contributed by atoms with Crippen molar-refractivity contribution in [3.63, 3.8) is 0 Å². The maximum atomic E-state index is 12.2. The number of nitrogens with one attached hydrogen (secondary N) is 2. The smallest absolute Gasteiger partial charge is 0.251 e. The second kappa shape index (κ2) is 8.65. The van der Waals surface area contributed by atoms with Crippen LogP contribution in [0, 0.1) is 6.92 Å². The third kappa shape index (κ3) is 4.71. The number of hydrogen-bond acceptors (Lipinski definition) is 5. The molecule has 1 saturated heterocycles. The summed E-state index contributed by atoms with van der Waals surface area (Å²) in [5, 5.41) is 6.13. The third-order valence-electron chi connectivity index (χ3n) is 4.59. The predicted octanol–water partition coefficient (Wildman–Crippen LogP) is 2.79. The van der Waals surface area contributed by atoms with Gasteiger partial charge in [-0.2, -0.15) is 4.98 Å². The van der Waals surface area contributed by atoms with Gasteiger partial charge in [-0.05, 0) is 43.9 Å². The van der Waals surface area contributed by atoms with Crippen molar-refractivity contribution < 1.29 is 4.79 Å². The highest BCUT2D eigenvalue weighted by atomic mass is 16.1. The summed E-state index contributed by atoms with van der Waals surface area (Å²) >= 11 is 0. The Labute approximate surface area is 155 Å². The minimum absolute atomic E-state index is 0.0580. The number of aryl methyl sites for hydroxylation is 2. The van der Waals surface area contributed by atoms with Gasteiger partial charge in [0, 0.05) is 43.5 Å².